The number of likely N-dealkylation sites (tertiary alicyclic amines) is 2. The van der Waals surface area contributed by atoms with E-state index in [1.807, 2.05) is 16.7 Å². The minimum Gasteiger partial charge on any atom is -0.339 e. The molecule has 0 saturated carbocycles. The summed E-state index contributed by atoms with van der Waals surface area (Å²) in [5.74, 6) is 1.39. The lowest BCUT2D eigenvalue weighted by atomic mass is 9.98. The number of hydrogen-bond acceptors (Lipinski definition) is 5. The Morgan fingerprint density at radius 1 is 1.17 bits per heavy atom. The van der Waals surface area contributed by atoms with Crippen LogP contribution in [0.15, 0.2) is 4.52 Å². The lowest BCUT2D eigenvalue weighted by molar-refractivity contribution is -0.137. The first-order valence-corrected chi connectivity index (χ1v) is 8.99. The van der Waals surface area contributed by atoms with Crippen LogP contribution in [0, 0.1) is 0 Å². The number of aromatic nitrogens is 2. The molecule has 0 bridgehead atoms. The van der Waals surface area contributed by atoms with E-state index in [4.69, 9.17) is 4.52 Å². The second-order valence-electron chi connectivity index (χ2n) is 6.71. The average Bonchev–Trinajstić information content (AvgIpc) is 3.23. The molecular weight excluding hydrogens is 308 g/mol. The van der Waals surface area contributed by atoms with Gasteiger partial charge in [0, 0.05) is 38.9 Å². The van der Waals surface area contributed by atoms with Gasteiger partial charge in [0.05, 0.1) is 6.04 Å². The van der Waals surface area contributed by atoms with Crippen molar-refractivity contribution in [2.75, 3.05) is 13.1 Å². The molecule has 0 spiro atoms. The van der Waals surface area contributed by atoms with Crippen molar-refractivity contribution >= 4 is 11.8 Å². The molecule has 0 radical (unpaired) electrons. The van der Waals surface area contributed by atoms with Crippen LogP contribution in [0.1, 0.15) is 70.1 Å². The lowest BCUT2D eigenvalue weighted by Crippen LogP contribution is -2.45. The quantitative estimate of drug-likeness (QED) is 0.842. The fourth-order valence-electron chi connectivity index (χ4n) is 3.83. The van der Waals surface area contributed by atoms with E-state index in [0.29, 0.717) is 24.6 Å². The highest BCUT2D eigenvalue weighted by molar-refractivity contribution is 5.79. The molecule has 3 heterocycles. The summed E-state index contributed by atoms with van der Waals surface area (Å²) in [6.07, 6.45) is 5.93. The number of carbonyl (C=O) groups excluding carboxylic acids is 2. The van der Waals surface area contributed by atoms with E-state index >= 15 is 0 Å². The first kappa shape index (κ1) is 16.9. The van der Waals surface area contributed by atoms with Gasteiger partial charge in [0.25, 0.3) is 0 Å². The Balaban J connectivity index is 1.68. The summed E-state index contributed by atoms with van der Waals surface area (Å²) < 4.78 is 5.20. The predicted molar refractivity (Wildman–Crippen MR) is 87.0 cm³/mol. The van der Waals surface area contributed by atoms with Crippen LogP contribution in [0.25, 0.3) is 0 Å². The van der Waals surface area contributed by atoms with Crippen molar-refractivity contribution in [2.45, 2.75) is 70.9 Å². The van der Waals surface area contributed by atoms with Crippen LogP contribution < -0.4 is 0 Å². The summed E-state index contributed by atoms with van der Waals surface area (Å²) >= 11 is 0. The first-order chi connectivity index (χ1) is 11.6. The van der Waals surface area contributed by atoms with Crippen LogP contribution in [-0.4, -0.2) is 50.9 Å². The maximum Gasteiger partial charge on any atom is 0.226 e. The minimum absolute atomic E-state index is 0.0291. The highest BCUT2D eigenvalue weighted by Gasteiger charge is 2.35. The number of piperidine rings is 1. The third-order valence-electron chi connectivity index (χ3n) is 5.10. The summed E-state index contributed by atoms with van der Waals surface area (Å²) in [6, 6.07) is -0.0580. The molecule has 7 heteroatoms. The van der Waals surface area contributed by atoms with Crippen LogP contribution >= 0.6 is 0 Å². The Morgan fingerprint density at radius 3 is 2.67 bits per heavy atom. The molecule has 0 aliphatic carbocycles. The van der Waals surface area contributed by atoms with Gasteiger partial charge in [-0.1, -0.05) is 12.1 Å². The Labute approximate surface area is 142 Å². The van der Waals surface area contributed by atoms with E-state index in [1.54, 1.807) is 6.92 Å². The number of carbonyl (C=O) groups is 2. The smallest absolute Gasteiger partial charge is 0.226 e. The van der Waals surface area contributed by atoms with Crippen LogP contribution in [-0.2, 0) is 16.0 Å². The molecule has 3 rings (SSSR count). The SMILES string of the molecule is CCc1nc([C@@H]2CCCN2C(=O)C[C@H]2CCCCN2C(C)=O)no1. The van der Waals surface area contributed by atoms with E-state index in [2.05, 4.69) is 10.1 Å². The molecule has 1 aromatic rings. The fraction of sp³-hybridized carbons (Fsp3) is 0.765. The first-order valence-electron chi connectivity index (χ1n) is 8.99. The van der Waals surface area contributed by atoms with Gasteiger partial charge in [0.1, 0.15) is 0 Å². The highest BCUT2D eigenvalue weighted by atomic mass is 16.5. The second-order valence-corrected chi connectivity index (χ2v) is 6.71. The molecule has 132 valence electrons. The Hall–Kier alpha value is -1.92. The largest absolute Gasteiger partial charge is 0.339 e. The Morgan fingerprint density at radius 2 is 1.96 bits per heavy atom. The highest BCUT2D eigenvalue weighted by Crippen LogP contribution is 2.32. The fourth-order valence-corrected chi connectivity index (χ4v) is 3.83. The van der Waals surface area contributed by atoms with Crippen molar-refractivity contribution in [3.8, 4) is 0 Å². The maximum absolute atomic E-state index is 12.8. The van der Waals surface area contributed by atoms with Gasteiger partial charge in [-0.3, -0.25) is 9.59 Å². The second kappa shape index (κ2) is 7.32. The van der Waals surface area contributed by atoms with E-state index in [1.165, 1.54) is 0 Å². The van der Waals surface area contributed by atoms with E-state index in [0.717, 1.165) is 45.2 Å². The summed E-state index contributed by atoms with van der Waals surface area (Å²) in [5, 5.41) is 4.05. The lowest BCUT2D eigenvalue weighted by Gasteiger charge is -2.36. The van der Waals surface area contributed by atoms with Gasteiger partial charge in [-0.15, -0.1) is 0 Å². The van der Waals surface area contributed by atoms with Gasteiger partial charge in [0.2, 0.25) is 17.7 Å². The van der Waals surface area contributed by atoms with Gasteiger partial charge >= 0.3 is 0 Å². The zero-order valence-corrected chi connectivity index (χ0v) is 14.5. The molecule has 2 aliphatic rings. The molecule has 0 aromatic carbocycles. The summed E-state index contributed by atoms with van der Waals surface area (Å²) in [6.45, 7) is 5.05. The third-order valence-corrected chi connectivity index (χ3v) is 5.10. The van der Waals surface area contributed by atoms with Crippen molar-refractivity contribution in [3.63, 3.8) is 0 Å². The van der Waals surface area contributed by atoms with E-state index in [9.17, 15) is 9.59 Å². The summed E-state index contributed by atoms with van der Waals surface area (Å²) in [7, 11) is 0. The minimum atomic E-state index is -0.0871. The van der Waals surface area contributed by atoms with E-state index in [-0.39, 0.29) is 23.9 Å². The number of hydrogen-bond donors (Lipinski definition) is 0. The van der Waals surface area contributed by atoms with Gasteiger partial charge in [0.15, 0.2) is 5.82 Å². The Kier molecular flexibility index (Phi) is 5.16. The van der Waals surface area contributed by atoms with Gasteiger partial charge in [-0.05, 0) is 32.1 Å². The van der Waals surface area contributed by atoms with Crippen molar-refractivity contribution in [3.05, 3.63) is 11.7 Å². The molecule has 0 unspecified atom stereocenters. The third kappa shape index (κ3) is 3.44. The number of amides is 2. The molecule has 2 atom stereocenters. The van der Waals surface area contributed by atoms with Crippen molar-refractivity contribution in [1.29, 1.82) is 0 Å². The van der Waals surface area contributed by atoms with Crippen LogP contribution in [0.3, 0.4) is 0 Å². The molecule has 2 saturated heterocycles. The Bertz CT molecular complexity index is 600. The standard InChI is InChI=1S/C17H26N4O3/c1-3-15-18-17(19-24-15)14-8-6-10-21(14)16(23)11-13-7-4-5-9-20(13)12(2)22/h13-14H,3-11H2,1-2H3/t13-,14+/m1/s1. The van der Waals surface area contributed by atoms with Crippen molar-refractivity contribution in [1.82, 2.24) is 19.9 Å². The summed E-state index contributed by atoms with van der Waals surface area (Å²) in [5.41, 5.74) is 0. The number of rotatable bonds is 4. The average molecular weight is 334 g/mol. The molecule has 2 fully saturated rings. The molecular formula is C17H26N4O3. The zero-order chi connectivity index (χ0) is 17.1. The molecule has 1 aromatic heterocycles. The number of nitrogens with zero attached hydrogens (tertiary/aromatic N) is 4. The van der Waals surface area contributed by atoms with Crippen molar-refractivity contribution < 1.29 is 14.1 Å². The van der Waals surface area contributed by atoms with Crippen LogP contribution in [0.5, 0.6) is 0 Å². The van der Waals surface area contributed by atoms with Crippen LogP contribution in [0.2, 0.25) is 0 Å². The van der Waals surface area contributed by atoms with E-state index < -0.39 is 0 Å². The number of aryl methyl sites for hydroxylation is 1. The normalized spacial score (nSPS) is 24.4. The van der Waals surface area contributed by atoms with Gasteiger partial charge in [-0.2, -0.15) is 4.98 Å². The summed E-state index contributed by atoms with van der Waals surface area (Å²) in [4.78, 5) is 32.8. The topological polar surface area (TPSA) is 79.5 Å². The molecule has 2 aliphatic heterocycles. The monoisotopic (exact) mass is 334 g/mol. The van der Waals surface area contributed by atoms with Crippen LogP contribution in [0.4, 0.5) is 0 Å². The van der Waals surface area contributed by atoms with Gasteiger partial charge in [-0.25, -0.2) is 0 Å². The van der Waals surface area contributed by atoms with Crippen molar-refractivity contribution in [2.24, 2.45) is 0 Å². The molecule has 7 nitrogen and oxygen atoms in total. The predicted octanol–water partition coefficient (Wildman–Crippen LogP) is 2.09. The molecule has 0 N–H and O–H groups in total. The van der Waals surface area contributed by atoms with Gasteiger partial charge < -0.3 is 14.3 Å². The maximum atomic E-state index is 12.8. The molecule has 24 heavy (non-hydrogen) atoms. The zero-order valence-electron chi connectivity index (χ0n) is 14.5. The molecule has 2 amide bonds.